The van der Waals surface area contributed by atoms with Crippen LogP contribution in [0.2, 0.25) is 10.0 Å². The first-order chi connectivity index (χ1) is 12.1. The molecule has 0 N–H and O–H groups in total. The van der Waals surface area contributed by atoms with Crippen molar-refractivity contribution < 1.29 is 9.53 Å². The molecule has 25 heavy (non-hydrogen) atoms. The van der Waals surface area contributed by atoms with Gasteiger partial charge in [0.05, 0.1) is 17.3 Å². The maximum Gasteiger partial charge on any atom is 0.248 e. The number of amides is 1. The van der Waals surface area contributed by atoms with Crippen LogP contribution in [-0.2, 0) is 16.1 Å². The van der Waals surface area contributed by atoms with Crippen molar-refractivity contribution in [1.82, 2.24) is 9.88 Å². The molecule has 0 spiro atoms. The molecule has 1 amide bonds. The van der Waals surface area contributed by atoms with Gasteiger partial charge in [0.25, 0.3) is 0 Å². The van der Waals surface area contributed by atoms with Crippen LogP contribution >= 0.6 is 23.2 Å². The summed E-state index contributed by atoms with van der Waals surface area (Å²) in [6.45, 7) is 3.26. The second-order valence-electron chi connectivity index (χ2n) is 5.81. The summed E-state index contributed by atoms with van der Waals surface area (Å²) in [4.78, 5) is 20.2. The number of anilines is 1. The Morgan fingerprint density at radius 2 is 1.80 bits per heavy atom. The maximum absolute atomic E-state index is 12.3. The highest BCUT2D eigenvalue weighted by Gasteiger charge is 2.22. The van der Waals surface area contributed by atoms with Gasteiger partial charge >= 0.3 is 0 Å². The molecule has 0 radical (unpaired) electrons. The second kappa shape index (κ2) is 8.52. The summed E-state index contributed by atoms with van der Waals surface area (Å²) in [6.07, 6.45) is 3.42. The molecule has 0 aliphatic carbocycles. The molecule has 7 heteroatoms. The van der Waals surface area contributed by atoms with Crippen LogP contribution < -0.4 is 4.90 Å². The van der Waals surface area contributed by atoms with E-state index in [2.05, 4.69) is 9.88 Å². The summed E-state index contributed by atoms with van der Waals surface area (Å²) in [5, 5.41) is 1.25. The van der Waals surface area contributed by atoms with Gasteiger partial charge in [-0.25, -0.2) is 0 Å². The zero-order valence-electron chi connectivity index (χ0n) is 13.7. The van der Waals surface area contributed by atoms with Crippen molar-refractivity contribution >= 4 is 34.8 Å². The number of hydrogen-bond donors (Lipinski definition) is 0. The average Bonchev–Trinajstić information content (AvgIpc) is 2.63. The first-order valence-corrected chi connectivity index (χ1v) is 8.83. The molecule has 2 aromatic rings. The third-order valence-corrected chi connectivity index (χ3v) is 4.66. The lowest BCUT2D eigenvalue weighted by atomic mass is 10.2. The predicted molar refractivity (Wildman–Crippen MR) is 99.1 cm³/mol. The number of halogens is 2. The number of carbonyl (C=O) groups excluding carboxylic acids is 1. The third-order valence-electron chi connectivity index (χ3n) is 4.13. The van der Waals surface area contributed by atoms with E-state index in [0.717, 1.165) is 24.3 Å². The Hall–Kier alpha value is -1.82. The van der Waals surface area contributed by atoms with Crippen LogP contribution in [0.15, 0.2) is 42.7 Å². The molecule has 1 fully saturated rings. The van der Waals surface area contributed by atoms with E-state index >= 15 is 0 Å². The SMILES string of the molecule is O=C(COCc1ccncc1)N1CCN(c2ccc(Cl)cc2Cl)CC1. The summed E-state index contributed by atoms with van der Waals surface area (Å²) >= 11 is 12.2. The molecule has 1 aromatic heterocycles. The normalized spacial score (nSPS) is 14.6. The van der Waals surface area contributed by atoms with Crippen LogP contribution in [0.3, 0.4) is 0 Å². The lowest BCUT2D eigenvalue weighted by Gasteiger charge is -2.36. The van der Waals surface area contributed by atoms with E-state index in [1.54, 1.807) is 18.5 Å². The predicted octanol–water partition coefficient (Wildman–Crippen LogP) is 3.25. The number of nitrogens with zero attached hydrogens (tertiary/aromatic N) is 3. The molecule has 2 heterocycles. The standard InChI is InChI=1S/C18H19Cl2N3O2/c19-15-1-2-17(16(20)11-15)22-7-9-23(10-8-22)18(24)13-25-12-14-3-5-21-6-4-14/h1-6,11H,7-10,12-13H2. The van der Waals surface area contributed by atoms with E-state index in [4.69, 9.17) is 27.9 Å². The molecular weight excluding hydrogens is 361 g/mol. The van der Waals surface area contributed by atoms with Gasteiger partial charge in [0, 0.05) is 43.6 Å². The minimum absolute atomic E-state index is 0.0101. The Morgan fingerprint density at radius 3 is 2.48 bits per heavy atom. The highest BCUT2D eigenvalue weighted by molar-refractivity contribution is 6.36. The first-order valence-electron chi connectivity index (χ1n) is 8.08. The van der Waals surface area contributed by atoms with E-state index in [9.17, 15) is 4.79 Å². The summed E-state index contributed by atoms with van der Waals surface area (Å²) in [6, 6.07) is 9.23. The summed E-state index contributed by atoms with van der Waals surface area (Å²) in [5.41, 5.74) is 1.96. The molecule has 0 bridgehead atoms. The highest BCUT2D eigenvalue weighted by atomic mass is 35.5. The monoisotopic (exact) mass is 379 g/mol. The second-order valence-corrected chi connectivity index (χ2v) is 6.66. The van der Waals surface area contributed by atoms with Crippen LogP contribution in [0.25, 0.3) is 0 Å². The Labute approximate surface area is 157 Å². The largest absolute Gasteiger partial charge is 0.367 e. The Bertz CT molecular complexity index is 720. The molecule has 0 unspecified atom stereocenters. The minimum atomic E-state index is 0.0101. The number of pyridine rings is 1. The topological polar surface area (TPSA) is 45.7 Å². The van der Waals surface area contributed by atoms with Gasteiger partial charge in [0.2, 0.25) is 5.91 Å². The number of benzene rings is 1. The first kappa shape index (κ1) is 18.0. The Balaban J connectivity index is 1.46. The van der Waals surface area contributed by atoms with Gasteiger partial charge in [-0.05, 0) is 35.9 Å². The average molecular weight is 380 g/mol. The number of piperazine rings is 1. The Kier molecular flexibility index (Phi) is 6.13. The van der Waals surface area contributed by atoms with Crippen LogP contribution in [-0.4, -0.2) is 48.6 Å². The molecular formula is C18H19Cl2N3O2. The summed E-state index contributed by atoms with van der Waals surface area (Å²) < 4.78 is 5.51. The fraction of sp³-hybridized carbons (Fsp3) is 0.333. The van der Waals surface area contributed by atoms with Crippen LogP contribution in [0.5, 0.6) is 0 Å². The van der Waals surface area contributed by atoms with E-state index in [1.807, 2.05) is 29.2 Å². The van der Waals surface area contributed by atoms with Gasteiger partial charge in [-0.2, -0.15) is 0 Å². The van der Waals surface area contributed by atoms with Crippen molar-refractivity contribution in [2.75, 3.05) is 37.7 Å². The smallest absolute Gasteiger partial charge is 0.248 e. The van der Waals surface area contributed by atoms with Crippen molar-refractivity contribution in [2.45, 2.75) is 6.61 Å². The van der Waals surface area contributed by atoms with Crippen molar-refractivity contribution in [3.05, 3.63) is 58.3 Å². The molecule has 1 aliphatic rings. The van der Waals surface area contributed by atoms with E-state index in [1.165, 1.54) is 0 Å². The molecule has 5 nitrogen and oxygen atoms in total. The van der Waals surface area contributed by atoms with E-state index in [0.29, 0.717) is 29.7 Å². The third kappa shape index (κ3) is 4.84. The van der Waals surface area contributed by atoms with Crippen LogP contribution in [0.1, 0.15) is 5.56 Å². The van der Waals surface area contributed by atoms with Gasteiger partial charge in [-0.1, -0.05) is 23.2 Å². The van der Waals surface area contributed by atoms with Gasteiger partial charge in [0.15, 0.2) is 0 Å². The van der Waals surface area contributed by atoms with Gasteiger partial charge in [0.1, 0.15) is 6.61 Å². The van der Waals surface area contributed by atoms with Crippen molar-refractivity contribution in [2.24, 2.45) is 0 Å². The number of hydrogen-bond acceptors (Lipinski definition) is 4. The molecule has 1 saturated heterocycles. The van der Waals surface area contributed by atoms with Gasteiger partial charge in [-0.15, -0.1) is 0 Å². The molecule has 0 atom stereocenters. The van der Waals surface area contributed by atoms with Crippen molar-refractivity contribution in [3.63, 3.8) is 0 Å². The lowest BCUT2D eigenvalue weighted by Crippen LogP contribution is -2.49. The van der Waals surface area contributed by atoms with E-state index < -0.39 is 0 Å². The van der Waals surface area contributed by atoms with Crippen LogP contribution in [0.4, 0.5) is 5.69 Å². The Morgan fingerprint density at radius 1 is 1.08 bits per heavy atom. The molecule has 3 rings (SSSR count). The highest BCUT2D eigenvalue weighted by Crippen LogP contribution is 2.29. The summed E-state index contributed by atoms with van der Waals surface area (Å²) in [5.74, 6) is 0.0101. The molecule has 1 aliphatic heterocycles. The summed E-state index contributed by atoms with van der Waals surface area (Å²) in [7, 11) is 0. The number of carbonyl (C=O) groups is 1. The number of aromatic nitrogens is 1. The van der Waals surface area contributed by atoms with Crippen molar-refractivity contribution in [1.29, 1.82) is 0 Å². The van der Waals surface area contributed by atoms with Crippen LogP contribution in [0, 0.1) is 0 Å². The molecule has 132 valence electrons. The van der Waals surface area contributed by atoms with Gasteiger partial charge in [-0.3, -0.25) is 9.78 Å². The lowest BCUT2D eigenvalue weighted by molar-refractivity contribution is -0.136. The van der Waals surface area contributed by atoms with Gasteiger partial charge < -0.3 is 14.5 Å². The fourth-order valence-electron chi connectivity index (χ4n) is 2.76. The number of ether oxygens (including phenoxy) is 1. The quantitative estimate of drug-likeness (QED) is 0.799. The molecule has 1 aromatic carbocycles. The van der Waals surface area contributed by atoms with E-state index in [-0.39, 0.29) is 12.5 Å². The zero-order valence-corrected chi connectivity index (χ0v) is 15.2. The van der Waals surface area contributed by atoms with Crippen molar-refractivity contribution in [3.8, 4) is 0 Å². The number of rotatable bonds is 5. The fourth-order valence-corrected chi connectivity index (χ4v) is 3.29. The zero-order chi connectivity index (χ0) is 17.6. The minimum Gasteiger partial charge on any atom is -0.367 e. The molecule has 0 saturated carbocycles. The maximum atomic E-state index is 12.3.